The summed E-state index contributed by atoms with van der Waals surface area (Å²) < 4.78 is 38.7. The van der Waals surface area contributed by atoms with Crippen molar-refractivity contribution in [3.63, 3.8) is 0 Å². The summed E-state index contributed by atoms with van der Waals surface area (Å²) in [5.41, 5.74) is 6.51. The van der Waals surface area contributed by atoms with Gasteiger partial charge >= 0.3 is 6.18 Å². The van der Waals surface area contributed by atoms with Crippen LogP contribution in [-0.4, -0.2) is 35.0 Å². The van der Waals surface area contributed by atoms with E-state index >= 15 is 0 Å². The van der Waals surface area contributed by atoms with Gasteiger partial charge in [-0.2, -0.15) is 13.2 Å². The molecule has 0 radical (unpaired) electrons. The predicted octanol–water partition coefficient (Wildman–Crippen LogP) is 3.58. The molecular formula is C21H20F3N5O. The van der Waals surface area contributed by atoms with Gasteiger partial charge in [0.2, 0.25) is 0 Å². The molecular weight excluding hydrogens is 395 g/mol. The number of nitrogens with zero attached hydrogens (tertiary/aromatic N) is 2. The molecule has 1 aliphatic heterocycles. The van der Waals surface area contributed by atoms with Crippen LogP contribution in [0, 0.1) is 0 Å². The highest BCUT2D eigenvalue weighted by molar-refractivity contribution is 6.08. The number of fused-ring (bicyclic) bond motifs is 1. The quantitative estimate of drug-likeness (QED) is 0.606. The number of alkyl halides is 3. The van der Waals surface area contributed by atoms with Crippen molar-refractivity contribution in [1.82, 2.24) is 15.3 Å². The van der Waals surface area contributed by atoms with Gasteiger partial charge in [-0.15, -0.1) is 0 Å². The number of carbonyl (C=O) groups excluding carboxylic acids is 1. The first kappa shape index (κ1) is 20.1. The maximum Gasteiger partial charge on any atom is 0.416 e. The summed E-state index contributed by atoms with van der Waals surface area (Å²) in [6, 6.07) is 8.25. The van der Waals surface area contributed by atoms with Crippen molar-refractivity contribution in [3.05, 3.63) is 53.9 Å². The number of nitrogens with two attached hydrogens (primary N) is 1. The second kappa shape index (κ2) is 7.91. The topological polar surface area (TPSA) is 92.9 Å². The third-order valence-corrected chi connectivity index (χ3v) is 5.19. The maximum atomic E-state index is 12.9. The molecule has 1 aromatic heterocycles. The number of halogens is 3. The molecule has 6 nitrogen and oxygen atoms in total. The van der Waals surface area contributed by atoms with Crippen LogP contribution in [0.3, 0.4) is 0 Å². The molecule has 3 aromatic rings. The minimum absolute atomic E-state index is 0.170. The van der Waals surface area contributed by atoms with E-state index in [2.05, 4.69) is 20.6 Å². The molecule has 1 atom stereocenters. The standard InChI is InChI=1S/C21H20F3N5O/c22-21(23,24)14-5-3-12(4-6-14)13-8-16(19(25)30)18-17(9-13)20(28-11-27-18)29-15-2-1-7-26-10-15/h3-6,8-9,11,15,26H,1-2,7,10H2,(H2,25,30)(H,27,28,29). The third kappa shape index (κ3) is 4.06. The summed E-state index contributed by atoms with van der Waals surface area (Å²) in [7, 11) is 0. The van der Waals surface area contributed by atoms with Crippen LogP contribution in [0.1, 0.15) is 28.8 Å². The number of hydrogen-bond acceptors (Lipinski definition) is 5. The van der Waals surface area contributed by atoms with Gasteiger partial charge < -0.3 is 16.4 Å². The molecule has 1 unspecified atom stereocenters. The number of aromatic nitrogens is 2. The highest BCUT2D eigenvalue weighted by Gasteiger charge is 2.30. The van der Waals surface area contributed by atoms with Gasteiger partial charge in [-0.05, 0) is 54.8 Å². The molecule has 1 amide bonds. The highest BCUT2D eigenvalue weighted by atomic mass is 19.4. The Kier molecular flexibility index (Phi) is 5.29. The van der Waals surface area contributed by atoms with Crippen LogP contribution in [-0.2, 0) is 6.18 Å². The minimum atomic E-state index is -4.42. The lowest BCUT2D eigenvalue weighted by atomic mass is 9.98. The van der Waals surface area contributed by atoms with E-state index < -0.39 is 17.6 Å². The summed E-state index contributed by atoms with van der Waals surface area (Å²) in [5, 5.41) is 7.29. The van der Waals surface area contributed by atoms with E-state index in [9.17, 15) is 18.0 Å². The van der Waals surface area contributed by atoms with Crippen LogP contribution >= 0.6 is 0 Å². The first-order valence-corrected chi connectivity index (χ1v) is 9.56. The Morgan fingerprint density at radius 1 is 1.13 bits per heavy atom. The number of piperidine rings is 1. The molecule has 1 fully saturated rings. The number of benzene rings is 2. The Bertz CT molecular complexity index is 1080. The van der Waals surface area contributed by atoms with Crippen LogP contribution in [0.2, 0.25) is 0 Å². The van der Waals surface area contributed by atoms with Gasteiger partial charge in [0.05, 0.1) is 16.6 Å². The summed E-state index contributed by atoms with van der Waals surface area (Å²) in [6.07, 6.45) is -1.05. The monoisotopic (exact) mass is 415 g/mol. The average Bonchev–Trinajstić information content (AvgIpc) is 2.73. The van der Waals surface area contributed by atoms with Crippen LogP contribution in [0.5, 0.6) is 0 Å². The van der Waals surface area contributed by atoms with E-state index in [-0.39, 0.29) is 11.6 Å². The predicted molar refractivity (Wildman–Crippen MR) is 108 cm³/mol. The van der Waals surface area contributed by atoms with Crippen molar-refractivity contribution in [2.45, 2.75) is 25.1 Å². The lowest BCUT2D eigenvalue weighted by Crippen LogP contribution is -2.38. The lowest BCUT2D eigenvalue weighted by molar-refractivity contribution is -0.137. The third-order valence-electron chi connectivity index (χ3n) is 5.19. The van der Waals surface area contributed by atoms with Gasteiger partial charge in [-0.1, -0.05) is 12.1 Å². The SMILES string of the molecule is NC(=O)c1cc(-c2ccc(C(F)(F)F)cc2)cc2c(NC3CCCNC3)ncnc12. The number of nitrogens with one attached hydrogen (secondary N) is 2. The number of amides is 1. The molecule has 30 heavy (non-hydrogen) atoms. The van der Waals surface area contributed by atoms with E-state index in [1.54, 1.807) is 12.1 Å². The van der Waals surface area contributed by atoms with Crippen LogP contribution in [0.4, 0.5) is 19.0 Å². The zero-order chi connectivity index (χ0) is 21.3. The normalized spacial score (nSPS) is 17.1. The molecule has 9 heteroatoms. The fourth-order valence-corrected chi connectivity index (χ4v) is 3.66. The summed E-state index contributed by atoms with van der Waals surface area (Å²) in [5.74, 6) is -0.109. The van der Waals surface area contributed by atoms with Gasteiger partial charge in [0, 0.05) is 18.0 Å². The molecule has 2 heterocycles. The molecule has 0 bridgehead atoms. The number of hydrogen-bond donors (Lipinski definition) is 3. The van der Waals surface area contributed by atoms with Crippen LogP contribution in [0.15, 0.2) is 42.7 Å². The van der Waals surface area contributed by atoms with Crippen molar-refractivity contribution in [3.8, 4) is 11.1 Å². The molecule has 0 spiro atoms. The molecule has 1 aliphatic rings. The molecule has 0 aliphatic carbocycles. The smallest absolute Gasteiger partial charge is 0.366 e. The Morgan fingerprint density at radius 2 is 1.90 bits per heavy atom. The Labute approximate surface area is 170 Å². The average molecular weight is 415 g/mol. The number of anilines is 1. The molecule has 156 valence electrons. The molecule has 4 rings (SSSR count). The van der Waals surface area contributed by atoms with Gasteiger partial charge in [0.25, 0.3) is 5.91 Å². The first-order chi connectivity index (χ1) is 14.3. The summed E-state index contributed by atoms with van der Waals surface area (Å²) in [4.78, 5) is 20.6. The van der Waals surface area contributed by atoms with Crippen molar-refractivity contribution < 1.29 is 18.0 Å². The largest absolute Gasteiger partial charge is 0.416 e. The van der Waals surface area contributed by atoms with Gasteiger partial charge in [0.1, 0.15) is 12.1 Å². The van der Waals surface area contributed by atoms with E-state index in [4.69, 9.17) is 5.73 Å². The fourth-order valence-electron chi connectivity index (χ4n) is 3.66. The molecule has 2 aromatic carbocycles. The second-order valence-electron chi connectivity index (χ2n) is 7.27. The zero-order valence-electron chi connectivity index (χ0n) is 16.0. The van der Waals surface area contributed by atoms with E-state index in [0.29, 0.717) is 27.8 Å². The second-order valence-corrected chi connectivity index (χ2v) is 7.27. The Morgan fingerprint density at radius 3 is 2.53 bits per heavy atom. The van der Waals surface area contributed by atoms with Crippen LogP contribution < -0.4 is 16.4 Å². The van der Waals surface area contributed by atoms with Crippen molar-refractivity contribution in [1.29, 1.82) is 0 Å². The number of carbonyl (C=O) groups is 1. The number of rotatable bonds is 4. The van der Waals surface area contributed by atoms with Crippen LogP contribution in [0.25, 0.3) is 22.0 Å². The summed E-state index contributed by atoms with van der Waals surface area (Å²) in [6.45, 7) is 1.75. The maximum absolute atomic E-state index is 12.9. The van der Waals surface area contributed by atoms with Crippen molar-refractivity contribution in [2.75, 3.05) is 18.4 Å². The van der Waals surface area contributed by atoms with E-state index in [1.807, 2.05) is 0 Å². The van der Waals surface area contributed by atoms with Gasteiger partial charge in [-0.3, -0.25) is 4.79 Å². The summed E-state index contributed by atoms with van der Waals surface area (Å²) >= 11 is 0. The Balaban J connectivity index is 1.80. The minimum Gasteiger partial charge on any atom is -0.366 e. The lowest BCUT2D eigenvalue weighted by Gasteiger charge is -2.25. The van der Waals surface area contributed by atoms with E-state index in [0.717, 1.165) is 38.1 Å². The van der Waals surface area contributed by atoms with Gasteiger partial charge in [-0.25, -0.2) is 9.97 Å². The fraction of sp³-hybridized carbons (Fsp3) is 0.286. The van der Waals surface area contributed by atoms with Gasteiger partial charge in [0.15, 0.2) is 0 Å². The molecule has 4 N–H and O–H groups in total. The zero-order valence-corrected chi connectivity index (χ0v) is 16.0. The highest BCUT2D eigenvalue weighted by Crippen LogP contribution is 2.33. The number of primary amides is 1. The van der Waals surface area contributed by atoms with Crippen molar-refractivity contribution >= 4 is 22.6 Å². The molecule has 0 saturated carbocycles. The first-order valence-electron chi connectivity index (χ1n) is 9.56. The Hall–Kier alpha value is -3.20. The van der Waals surface area contributed by atoms with E-state index in [1.165, 1.54) is 18.5 Å². The van der Waals surface area contributed by atoms with Crippen molar-refractivity contribution in [2.24, 2.45) is 5.73 Å². The molecule has 1 saturated heterocycles.